The summed E-state index contributed by atoms with van der Waals surface area (Å²) in [7, 11) is 0. The van der Waals surface area contributed by atoms with E-state index in [-0.39, 0.29) is 11.9 Å². The maximum absolute atomic E-state index is 11.2. The number of amides is 1. The molecule has 2 aromatic rings. The highest BCUT2D eigenvalue weighted by atomic mass is 16.1. The zero-order chi connectivity index (χ0) is 16.2. The maximum Gasteiger partial charge on any atom is 0.217 e. The molecule has 0 bridgehead atoms. The standard InChI is InChI=1S/C16H22N6O/c1-11-18-6-13(7-19-12(2)23)16(21-11)15-4-3-5-22(15)9-14-8-17-10-20-14/h6,8,10,15H,3-5,7,9H2,1-2H3,(H,17,20)(H,19,23). The molecule has 1 aliphatic heterocycles. The molecule has 0 spiro atoms. The Kier molecular flexibility index (Phi) is 4.66. The van der Waals surface area contributed by atoms with Crippen molar-refractivity contribution in [1.29, 1.82) is 0 Å². The third kappa shape index (κ3) is 3.73. The Balaban J connectivity index is 1.83. The number of hydrogen-bond donors (Lipinski definition) is 2. The molecule has 122 valence electrons. The molecule has 0 aromatic carbocycles. The molecule has 1 saturated heterocycles. The summed E-state index contributed by atoms with van der Waals surface area (Å²) in [4.78, 5) is 29.9. The van der Waals surface area contributed by atoms with Gasteiger partial charge in [0.25, 0.3) is 0 Å². The van der Waals surface area contributed by atoms with Gasteiger partial charge in [-0.05, 0) is 26.3 Å². The second kappa shape index (κ2) is 6.87. The largest absolute Gasteiger partial charge is 0.352 e. The van der Waals surface area contributed by atoms with E-state index in [1.54, 1.807) is 6.33 Å². The summed E-state index contributed by atoms with van der Waals surface area (Å²) in [6.45, 7) is 5.76. The highest BCUT2D eigenvalue weighted by Gasteiger charge is 2.29. The van der Waals surface area contributed by atoms with Crippen molar-refractivity contribution in [3.63, 3.8) is 0 Å². The number of aromatic amines is 1. The zero-order valence-electron chi connectivity index (χ0n) is 13.5. The third-order valence-corrected chi connectivity index (χ3v) is 4.15. The molecule has 2 N–H and O–H groups in total. The molecule has 3 heterocycles. The number of rotatable bonds is 5. The van der Waals surface area contributed by atoms with E-state index in [4.69, 9.17) is 0 Å². The van der Waals surface area contributed by atoms with Gasteiger partial charge in [-0.2, -0.15) is 0 Å². The van der Waals surface area contributed by atoms with Crippen LogP contribution in [0.2, 0.25) is 0 Å². The van der Waals surface area contributed by atoms with Crippen molar-refractivity contribution in [1.82, 2.24) is 30.2 Å². The number of likely N-dealkylation sites (tertiary alicyclic amines) is 1. The minimum absolute atomic E-state index is 0.0442. The third-order valence-electron chi connectivity index (χ3n) is 4.15. The van der Waals surface area contributed by atoms with Gasteiger partial charge in [-0.3, -0.25) is 9.69 Å². The molecule has 1 amide bonds. The molecule has 1 aliphatic rings. The summed E-state index contributed by atoms with van der Waals surface area (Å²) < 4.78 is 0. The first kappa shape index (κ1) is 15.6. The fourth-order valence-corrected chi connectivity index (χ4v) is 3.07. The first-order chi connectivity index (χ1) is 11.1. The second-order valence-corrected chi connectivity index (χ2v) is 5.94. The summed E-state index contributed by atoms with van der Waals surface area (Å²) >= 11 is 0. The molecule has 7 heteroatoms. The van der Waals surface area contributed by atoms with Crippen molar-refractivity contribution in [3.05, 3.63) is 41.5 Å². The fraction of sp³-hybridized carbons (Fsp3) is 0.500. The molecule has 0 radical (unpaired) electrons. The van der Waals surface area contributed by atoms with Crippen molar-refractivity contribution in [2.45, 2.75) is 45.8 Å². The van der Waals surface area contributed by atoms with Crippen LogP contribution in [0.3, 0.4) is 0 Å². The predicted molar refractivity (Wildman–Crippen MR) is 85.3 cm³/mol. The van der Waals surface area contributed by atoms with Crippen molar-refractivity contribution < 1.29 is 4.79 Å². The van der Waals surface area contributed by atoms with E-state index in [2.05, 4.69) is 30.2 Å². The van der Waals surface area contributed by atoms with Crippen LogP contribution in [-0.4, -0.2) is 37.3 Å². The molecule has 23 heavy (non-hydrogen) atoms. The van der Waals surface area contributed by atoms with Crippen molar-refractivity contribution in [2.24, 2.45) is 0 Å². The van der Waals surface area contributed by atoms with Gasteiger partial charge in [0, 0.05) is 43.7 Å². The van der Waals surface area contributed by atoms with Crippen LogP contribution in [0.25, 0.3) is 0 Å². The Morgan fingerprint density at radius 1 is 1.48 bits per heavy atom. The Morgan fingerprint density at radius 3 is 3.09 bits per heavy atom. The minimum atomic E-state index is -0.0442. The van der Waals surface area contributed by atoms with Crippen molar-refractivity contribution in [2.75, 3.05) is 6.54 Å². The quantitative estimate of drug-likeness (QED) is 0.873. The molecule has 0 aliphatic carbocycles. The summed E-state index contributed by atoms with van der Waals surface area (Å²) in [5.74, 6) is 0.720. The molecule has 0 saturated carbocycles. The van der Waals surface area contributed by atoms with Gasteiger partial charge in [0.05, 0.1) is 18.1 Å². The summed E-state index contributed by atoms with van der Waals surface area (Å²) in [6.07, 6.45) is 7.61. The monoisotopic (exact) mass is 314 g/mol. The highest BCUT2D eigenvalue weighted by Crippen LogP contribution is 2.33. The van der Waals surface area contributed by atoms with Gasteiger partial charge < -0.3 is 10.3 Å². The number of aromatic nitrogens is 4. The molecule has 1 atom stereocenters. The number of aryl methyl sites for hydroxylation is 1. The van der Waals surface area contributed by atoms with E-state index < -0.39 is 0 Å². The van der Waals surface area contributed by atoms with E-state index in [1.165, 1.54) is 6.92 Å². The lowest BCUT2D eigenvalue weighted by Crippen LogP contribution is -2.27. The van der Waals surface area contributed by atoms with Crippen LogP contribution in [0.1, 0.15) is 48.6 Å². The van der Waals surface area contributed by atoms with E-state index in [1.807, 2.05) is 19.3 Å². The molecule has 1 unspecified atom stereocenters. The number of H-pyrrole nitrogens is 1. The van der Waals surface area contributed by atoms with Crippen molar-refractivity contribution >= 4 is 5.91 Å². The number of hydrogen-bond acceptors (Lipinski definition) is 5. The van der Waals surface area contributed by atoms with E-state index >= 15 is 0 Å². The van der Waals surface area contributed by atoms with Gasteiger partial charge in [0.15, 0.2) is 0 Å². The van der Waals surface area contributed by atoms with Gasteiger partial charge in [-0.25, -0.2) is 15.0 Å². The number of carbonyl (C=O) groups is 1. The van der Waals surface area contributed by atoms with Crippen LogP contribution in [0, 0.1) is 6.92 Å². The lowest BCUT2D eigenvalue weighted by molar-refractivity contribution is -0.119. The first-order valence-electron chi connectivity index (χ1n) is 7.91. The Hall–Kier alpha value is -2.28. The minimum Gasteiger partial charge on any atom is -0.352 e. The predicted octanol–water partition coefficient (Wildman–Crippen LogP) is 1.48. The van der Waals surface area contributed by atoms with Crippen LogP contribution >= 0.6 is 0 Å². The molecule has 1 fully saturated rings. The lowest BCUT2D eigenvalue weighted by Gasteiger charge is -2.25. The second-order valence-electron chi connectivity index (χ2n) is 5.94. The Bertz CT molecular complexity index is 669. The lowest BCUT2D eigenvalue weighted by atomic mass is 10.1. The molecule has 3 rings (SSSR count). The van der Waals surface area contributed by atoms with Crippen LogP contribution in [0.4, 0.5) is 0 Å². The maximum atomic E-state index is 11.2. The average Bonchev–Trinajstić information content (AvgIpc) is 3.18. The SMILES string of the molecule is CC(=O)NCc1cnc(C)nc1C1CCCN1Cc1cnc[nH]1. The zero-order valence-corrected chi connectivity index (χ0v) is 13.5. The van der Waals surface area contributed by atoms with Crippen LogP contribution < -0.4 is 5.32 Å². The topological polar surface area (TPSA) is 86.8 Å². The molecular formula is C16H22N6O. The van der Waals surface area contributed by atoms with Gasteiger partial charge in [-0.1, -0.05) is 0 Å². The van der Waals surface area contributed by atoms with Crippen LogP contribution in [0.15, 0.2) is 18.7 Å². The number of imidazole rings is 1. The number of nitrogens with zero attached hydrogens (tertiary/aromatic N) is 4. The van der Waals surface area contributed by atoms with Gasteiger partial charge in [-0.15, -0.1) is 0 Å². The summed E-state index contributed by atoms with van der Waals surface area (Å²) in [6, 6.07) is 0.253. The number of carbonyl (C=O) groups excluding carboxylic acids is 1. The highest BCUT2D eigenvalue weighted by molar-refractivity contribution is 5.72. The van der Waals surface area contributed by atoms with Gasteiger partial charge in [0.1, 0.15) is 5.82 Å². The van der Waals surface area contributed by atoms with E-state index in [0.717, 1.165) is 48.7 Å². The van der Waals surface area contributed by atoms with E-state index in [0.29, 0.717) is 6.54 Å². The van der Waals surface area contributed by atoms with Crippen molar-refractivity contribution in [3.8, 4) is 0 Å². The molecule has 7 nitrogen and oxygen atoms in total. The van der Waals surface area contributed by atoms with Gasteiger partial charge in [0.2, 0.25) is 5.91 Å². The van der Waals surface area contributed by atoms with E-state index in [9.17, 15) is 4.79 Å². The summed E-state index contributed by atoms with van der Waals surface area (Å²) in [5, 5.41) is 2.85. The van der Waals surface area contributed by atoms with Gasteiger partial charge >= 0.3 is 0 Å². The van der Waals surface area contributed by atoms with Crippen LogP contribution in [0.5, 0.6) is 0 Å². The molecular weight excluding hydrogens is 292 g/mol. The van der Waals surface area contributed by atoms with Crippen LogP contribution in [-0.2, 0) is 17.9 Å². The Labute approximate surface area is 135 Å². The summed E-state index contributed by atoms with van der Waals surface area (Å²) in [5.41, 5.74) is 3.13. The smallest absolute Gasteiger partial charge is 0.217 e. The fourth-order valence-electron chi connectivity index (χ4n) is 3.07. The molecule has 2 aromatic heterocycles. The Morgan fingerprint density at radius 2 is 2.35 bits per heavy atom. The number of nitrogens with one attached hydrogen (secondary N) is 2. The first-order valence-corrected chi connectivity index (χ1v) is 7.91. The average molecular weight is 314 g/mol. The normalized spacial score (nSPS) is 18.3.